The van der Waals surface area contributed by atoms with Crippen molar-refractivity contribution in [3.05, 3.63) is 0 Å². The van der Waals surface area contributed by atoms with Crippen LogP contribution in [-0.4, -0.2) is 41.3 Å². The van der Waals surface area contributed by atoms with Gasteiger partial charge in [-0.25, -0.2) is 4.79 Å². The molecule has 0 aromatic rings. The molecule has 2 N–H and O–H groups in total. The van der Waals surface area contributed by atoms with Crippen molar-refractivity contribution in [2.45, 2.75) is 6.10 Å². The Morgan fingerprint density at radius 2 is 2.30 bits per heavy atom. The molecule has 0 radical (unpaired) electrons. The first-order valence-electron chi connectivity index (χ1n) is 2.78. The summed E-state index contributed by atoms with van der Waals surface area (Å²) < 4.78 is 4.36. The van der Waals surface area contributed by atoms with Gasteiger partial charge in [-0.1, -0.05) is 0 Å². The van der Waals surface area contributed by atoms with Crippen molar-refractivity contribution in [1.29, 1.82) is 0 Å². The number of esters is 1. The van der Waals surface area contributed by atoms with E-state index in [1.165, 1.54) is 0 Å². The predicted molar refractivity (Wildman–Crippen MR) is 37.9 cm³/mol. The Balaban J connectivity index is 3.42. The second kappa shape index (κ2) is 5.52. The number of ether oxygens (including phenoxy) is 1. The van der Waals surface area contributed by atoms with Crippen LogP contribution < -0.4 is 0 Å². The molecule has 5 heteroatoms. The van der Waals surface area contributed by atoms with E-state index in [-0.39, 0.29) is 19.0 Å². The van der Waals surface area contributed by atoms with Gasteiger partial charge in [0.15, 0.2) is 6.10 Å². The van der Waals surface area contributed by atoms with Gasteiger partial charge in [0.2, 0.25) is 0 Å². The lowest BCUT2D eigenvalue weighted by Crippen LogP contribution is -2.25. The lowest BCUT2D eigenvalue weighted by atomic mass is 10.4. The summed E-state index contributed by atoms with van der Waals surface area (Å²) in [6.45, 7) is -0.311. The smallest absolute Gasteiger partial charge is 0.335 e. The van der Waals surface area contributed by atoms with Crippen LogP contribution in [0.3, 0.4) is 0 Å². The molecule has 0 rings (SSSR count). The first-order valence-corrected chi connectivity index (χ1v) is 3.42. The minimum Gasteiger partial charge on any atom is -0.461 e. The third kappa shape index (κ3) is 3.71. The van der Waals surface area contributed by atoms with Crippen molar-refractivity contribution >= 4 is 18.6 Å². The van der Waals surface area contributed by atoms with Crippen LogP contribution in [0.4, 0.5) is 0 Å². The zero-order valence-corrected chi connectivity index (χ0v) is 6.25. The summed E-state index contributed by atoms with van der Waals surface area (Å²) in [4.78, 5) is 10.5. The molecule has 0 fully saturated rings. The van der Waals surface area contributed by atoms with E-state index in [2.05, 4.69) is 17.4 Å². The predicted octanol–water partition coefficient (Wildman–Crippen LogP) is -1.19. The van der Waals surface area contributed by atoms with E-state index in [9.17, 15) is 4.79 Å². The van der Waals surface area contributed by atoms with Crippen LogP contribution >= 0.6 is 12.6 Å². The number of aliphatic hydroxyl groups is 2. The fourth-order valence-corrected chi connectivity index (χ4v) is 0.466. The Morgan fingerprint density at radius 1 is 1.70 bits per heavy atom. The molecule has 0 saturated heterocycles. The monoisotopic (exact) mass is 166 g/mol. The summed E-state index contributed by atoms with van der Waals surface area (Å²) in [6, 6.07) is 0. The molecular weight excluding hydrogens is 156 g/mol. The first-order chi connectivity index (χ1) is 4.72. The van der Waals surface area contributed by atoms with Gasteiger partial charge in [-0.2, -0.15) is 12.6 Å². The number of rotatable bonds is 4. The summed E-state index contributed by atoms with van der Waals surface area (Å²) in [7, 11) is 0. The summed E-state index contributed by atoms with van der Waals surface area (Å²) >= 11 is 3.66. The number of carbonyl (C=O) groups excluding carboxylic acids is 1. The zero-order valence-electron chi connectivity index (χ0n) is 5.36. The van der Waals surface area contributed by atoms with Crippen molar-refractivity contribution in [3.8, 4) is 0 Å². The van der Waals surface area contributed by atoms with E-state index in [1.54, 1.807) is 0 Å². The molecule has 0 heterocycles. The molecule has 4 nitrogen and oxygen atoms in total. The van der Waals surface area contributed by atoms with Crippen molar-refractivity contribution in [3.63, 3.8) is 0 Å². The molecule has 0 aliphatic rings. The number of thiol groups is 1. The van der Waals surface area contributed by atoms with Gasteiger partial charge in [-0.3, -0.25) is 0 Å². The number of hydrogen-bond acceptors (Lipinski definition) is 5. The SMILES string of the molecule is O=C(OCCO)C(O)CS. The van der Waals surface area contributed by atoms with Gasteiger partial charge in [0, 0.05) is 5.75 Å². The summed E-state index contributed by atoms with van der Waals surface area (Å²) in [6.07, 6.45) is -1.19. The third-order valence-corrected chi connectivity index (χ3v) is 1.13. The molecular formula is C5H10O4S. The maximum absolute atomic E-state index is 10.5. The van der Waals surface area contributed by atoms with Crippen LogP contribution in [0.1, 0.15) is 0 Å². The molecule has 1 atom stereocenters. The van der Waals surface area contributed by atoms with E-state index < -0.39 is 12.1 Å². The maximum Gasteiger partial charge on any atom is 0.335 e. The lowest BCUT2D eigenvalue weighted by Gasteiger charge is -2.05. The van der Waals surface area contributed by atoms with E-state index >= 15 is 0 Å². The average molecular weight is 166 g/mol. The van der Waals surface area contributed by atoms with E-state index in [0.717, 1.165) is 0 Å². The number of carbonyl (C=O) groups is 1. The van der Waals surface area contributed by atoms with Crippen LogP contribution in [0.5, 0.6) is 0 Å². The Morgan fingerprint density at radius 3 is 2.70 bits per heavy atom. The highest BCUT2D eigenvalue weighted by Crippen LogP contribution is 1.90. The maximum atomic E-state index is 10.5. The molecule has 0 aliphatic heterocycles. The van der Waals surface area contributed by atoms with Crippen LogP contribution in [-0.2, 0) is 9.53 Å². The second-order valence-electron chi connectivity index (χ2n) is 1.59. The lowest BCUT2D eigenvalue weighted by molar-refractivity contribution is -0.153. The second-order valence-corrected chi connectivity index (χ2v) is 1.95. The largest absolute Gasteiger partial charge is 0.461 e. The standard InChI is InChI=1S/C5H10O4S/c6-1-2-9-5(8)4(7)3-10/h4,6-7,10H,1-3H2. The molecule has 0 aliphatic carbocycles. The first kappa shape index (κ1) is 9.74. The molecule has 0 saturated carbocycles. The summed E-state index contributed by atoms with van der Waals surface area (Å²) in [5.74, 6) is -0.714. The van der Waals surface area contributed by atoms with Crippen molar-refractivity contribution in [1.82, 2.24) is 0 Å². The molecule has 0 aromatic carbocycles. The van der Waals surface area contributed by atoms with E-state index in [1.807, 2.05) is 0 Å². The van der Waals surface area contributed by atoms with Gasteiger partial charge in [-0.05, 0) is 0 Å². The quantitative estimate of drug-likeness (QED) is 0.363. The van der Waals surface area contributed by atoms with E-state index in [0.29, 0.717) is 0 Å². The molecule has 60 valence electrons. The Hall–Kier alpha value is -0.260. The molecule has 0 spiro atoms. The van der Waals surface area contributed by atoms with Crippen molar-refractivity contribution < 1.29 is 19.7 Å². The Labute approximate surface area is 64.2 Å². The summed E-state index contributed by atoms with van der Waals surface area (Å²) in [5.41, 5.74) is 0. The Bertz CT molecular complexity index is 106. The van der Waals surface area contributed by atoms with Crippen molar-refractivity contribution in [2.24, 2.45) is 0 Å². The topological polar surface area (TPSA) is 66.8 Å². The van der Waals surface area contributed by atoms with Gasteiger partial charge >= 0.3 is 5.97 Å². The van der Waals surface area contributed by atoms with Crippen LogP contribution in [0, 0.1) is 0 Å². The highest BCUT2D eigenvalue weighted by Gasteiger charge is 2.13. The number of aliphatic hydroxyl groups excluding tert-OH is 2. The van der Waals surface area contributed by atoms with Crippen LogP contribution in [0.25, 0.3) is 0 Å². The highest BCUT2D eigenvalue weighted by atomic mass is 32.1. The Kier molecular flexibility index (Phi) is 5.38. The zero-order chi connectivity index (χ0) is 7.98. The molecule has 0 bridgehead atoms. The van der Waals surface area contributed by atoms with Gasteiger partial charge in [0.05, 0.1) is 6.61 Å². The third-order valence-electron chi connectivity index (χ3n) is 0.781. The van der Waals surface area contributed by atoms with Crippen molar-refractivity contribution in [2.75, 3.05) is 19.0 Å². The fourth-order valence-electron chi connectivity index (χ4n) is 0.317. The molecule has 10 heavy (non-hydrogen) atoms. The van der Waals surface area contributed by atoms with Gasteiger partial charge < -0.3 is 14.9 Å². The van der Waals surface area contributed by atoms with Gasteiger partial charge in [0.25, 0.3) is 0 Å². The van der Waals surface area contributed by atoms with Crippen LogP contribution in [0.2, 0.25) is 0 Å². The minimum absolute atomic E-state index is 0.0320. The molecule has 1 unspecified atom stereocenters. The van der Waals surface area contributed by atoms with E-state index in [4.69, 9.17) is 10.2 Å². The minimum atomic E-state index is -1.19. The summed E-state index contributed by atoms with van der Waals surface area (Å²) in [5, 5.41) is 16.9. The molecule has 0 amide bonds. The highest BCUT2D eigenvalue weighted by molar-refractivity contribution is 7.80. The van der Waals surface area contributed by atoms with Gasteiger partial charge in [0.1, 0.15) is 6.61 Å². The normalized spacial score (nSPS) is 12.7. The molecule has 0 aromatic heterocycles. The van der Waals surface area contributed by atoms with Gasteiger partial charge in [-0.15, -0.1) is 0 Å². The van der Waals surface area contributed by atoms with Crippen LogP contribution in [0.15, 0.2) is 0 Å². The fraction of sp³-hybridized carbons (Fsp3) is 0.800. The number of hydrogen-bond donors (Lipinski definition) is 3. The average Bonchev–Trinajstić information content (AvgIpc) is 1.98.